The molecule has 27 heavy (non-hydrogen) atoms. The van der Waals surface area contributed by atoms with Gasteiger partial charge in [-0.05, 0) is 37.6 Å². The van der Waals surface area contributed by atoms with E-state index in [1.165, 1.54) is 0 Å². The first-order valence-electron chi connectivity index (χ1n) is 8.99. The summed E-state index contributed by atoms with van der Waals surface area (Å²) in [6, 6.07) is 17.3. The van der Waals surface area contributed by atoms with E-state index in [1.54, 1.807) is 13.2 Å². The molecule has 0 aliphatic heterocycles. The number of hydrogen-bond donors (Lipinski definition) is 1. The highest BCUT2D eigenvalue weighted by Gasteiger charge is 2.12. The zero-order valence-corrected chi connectivity index (χ0v) is 16.0. The highest BCUT2D eigenvalue weighted by molar-refractivity contribution is 6.02. The van der Waals surface area contributed by atoms with E-state index in [0.717, 1.165) is 24.3 Å². The highest BCUT2D eigenvalue weighted by Crippen LogP contribution is 2.27. The Morgan fingerprint density at radius 3 is 2.48 bits per heavy atom. The van der Waals surface area contributed by atoms with Crippen molar-refractivity contribution in [1.29, 1.82) is 5.26 Å². The molecular formula is C22H25N3O2. The van der Waals surface area contributed by atoms with Crippen LogP contribution in [0.15, 0.2) is 54.1 Å². The zero-order chi connectivity index (χ0) is 19.6. The summed E-state index contributed by atoms with van der Waals surface area (Å²) in [5.74, 6) is 0.222. The molecule has 1 N–H and O–H groups in total. The van der Waals surface area contributed by atoms with Crippen molar-refractivity contribution in [2.75, 3.05) is 25.1 Å². The average molecular weight is 363 g/mol. The summed E-state index contributed by atoms with van der Waals surface area (Å²) in [4.78, 5) is 14.6. The summed E-state index contributed by atoms with van der Waals surface area (Å²) in [5.41, 5.74) is 2.75. The van der Waals surface area contributed by atoms with Crippen LogP contribution in [0.5, 0.6) is 5.75 Å². The fraction of sp³-hybridized carbons (Fsp3) is 0.273. The molecule has 0 heterocycles. The lowest BCUT2D eigenvalue weighted by atomic mass is 10.1. The van der Waals surface area contributed by atoms with E-state index in [2.05, 4.69) is 24.1 Å². The van der Waals surface area contributed by atoms with E-state index < -0.39 is 5.91 Å². The number of nitrogens with zero attached hydrogens (tertiary/aromatic N) is 2. The molecule has 140 valence electrons. The zero-order valence-electron chi connectivity index (χ0n) is 16.0. The Morgan fingerprint density at radius 1 is 1.19 bits per heavy atom. The van der Waals surface area contributed by atoms with Gasteiger partial charge in [0, 0.05) is 37.0 Å². The van der Waals surface area contributed by atoms with Crippen LogP contribution < -0.4 is 15.0 Å². The summed E-state index contributed by atoms with van der Waals surface area (Å²) >= 11 is 0. The predicted octanol–water partition coefficient (Wildman–Crippen LogP) is 3.76. The molecule has 0 unspecified atom stereocenters. The summed E-state index contributed by atoms with van der Waals surface area (Å²) in [6.45, 7) is 6.33. The third-order valence-electron chi connectivity index (χ3n) is 4.31. The predicted molar refractivity (Wildman–Crippen MR) is 108 cm³/mol. The van der Waals surface area contributed by atoms with E-state index in [-0.39, 0.29) is 5.57 Å². The largest absolute Gasteiger partial charge is 0.496 e. The van der Waals surface area contributed by atoms with E-state index >= 15 is 0 Å². The van der Waals surface area contributed by atoms with Gasteiger partial charge in [-0.15, -0.1) is 0 Å². The van der Waals surface area contributed by atoms with E-state index in [0.29, 0.717) is 17.9 Å². The van der Waals surface area contributed by atoms with Crippen molar-refractivity contribution in [3.05, 3.63) is 65.2 Å². The molecule has 1 amide bonds. The number of rotatable bonds is 8. The van der Waals surface area contributed by atoms with Crippen LogP contribution in [0, 0.1) is 11.3 Å². The summed E-state index contributed by atoms with van der Waals surface area (Å²) in [7, 11) is 1.58. The van der Waals surface area contributed by atoms with Gasteiger partial charge in [-0.25, -0.2) is 0 Å². The standard InChI is InChI=1S/C22H25N3O2/c1-4-25(5-2)20-12-11-18(21(14-20)27-3)13-19(15-23)22(26)24-16-17-9-7-6-8-10-17/h6-14H,4-5,16H2,1-3H3,(H,24,26). The summed E-state index contributed by atoms with van der Waals surface area (Å²) < 4.78 is 5.47. The minimum Gasteiger partial charge on any atom is -0.496 e. The van der Waals surface area contributed by atoms with E-state index in [4.69, 9.17) is 4.74 Å². The molecule has 5 heteroatoms. The molecule has 0 aromatic heterocycles. The SMILES string of the molecule is CCN(CC)c1ccc(C=C(C#N)C(=O)NCc2ccccc2)c(OC)c1. The lowest BCUT2D eigenvalue weighted by Gasteiger charge is -2.22. The Labute approximate surface area is 160 Å². The van der Waals surface area contributed by atoms with Gasteiger partial charge in [0.05, 0.1) is 7.11 Å². The molecule has 5 nitrogen and oxygen atoms in total. The van der Waals surface area contributed by atoms with Gasteiger partial charge in [-0.1, -0.05) is 30.3 Å². The molecule has 2 rings (SSSR count). The van der Waals surface area contributed by atoms with Crippen LogP contribution in [0.3, 0.4) is 0 Å². The molecule has 0 fully saturated rings. The van der Waals surface area contributed by atoms with Gasteiger partial charge in [-0.3, -0.25) is 4.79 Å². The highest BCUT2D eigenvalue weighted by atomic mass is 16.5. The van der Waals surface area contributed by atoms with Crippen molar-refractivity contribution in [1.82, 2.24) is 5.32 Å². The van der Waals surface area contributed by atoms with Crippen molar-refractivity contribution in [2.24, 2.45) is 0 Å². The first-order valence-corrected chi connectivity index (χ1v) is 8.99. The normalized spacial score (nSPS) is 10.8. The molecule has 2 aromatic rings. The van der Waals surface area contributed by atoms with Gasteiger partial charge in [0.25, 0.3) is 5.91 Å². The molecule has 0 bridgehead atoms. The Kier molecular flexibility index (Phi) is 7.45. The Bertz CT molecular complexity index is 834. The number of amides is 1. The molecule has 0 radical (unpaired) electrons. The maximum absolute atomic E-state index is 12.4. The smallest absolute Gasteiger partial charge is 0.262 e. The number of ether oxygens (including phenoxy) is 1. The first kappa shape index (κ1) is 20.1. The number of methoxy groups -OCH3 is 1. The average Bonchev–Trinajstić information content (AvgIpc) is 2.72. The Hall–Kier alpha value is -3.26. The van der Waals surface area contributed by atoms with Crippen LogP contribution in [-0.2, 0) is 11.3 Å². The molecule has 2 aromatic carbocycles. The fourth-order valence-electron chi connectivity index (χ4n) is 2.78. The molecule has 0 saturated carbocycles. The van der Waals surface area contributed by atoms with Crippen molar-refractivity contribution in [3.8, 4) is 11.8 Å². The van der Waals surface area contributed by atoms with Crippen molar-refractivity contribution < 1.29 is 9.53 Å². The second-order valence-electron chi connectivity index (χ2n) is 5.94. The van der Waals surface area contributed by atoms with Crippen LogP contribution in [-0.4, -0.2) is 26.1 Å². The number of carbonyl (C=O) groups is 1. The minimum atomic E-state index is -0.406. The van der Waals surface area contributed by atoms with Gasteiger partial charge >= 0.3 is 0 Å². The quantitative estimate of drug-likeness (QED) is 0.573. The Balaban J connectivity index is 2.20. The monoisotopic (exact) mass is 363 g/mol. The summed E-state index contributed by atoms with van der Waals surface area (Å²) in [5, 5.41) is 12.2. The van der Waals surface area contributed by atoms with Crippen LogP contribution in [0.1, 0.15) is 25.0 Å². The van der Waals surface area contributed by atoms with Crippen molar-refractivity contribution in [2.45, 2.75) is 20.4 Å². The second-order valence-corrected chi connectivity index (χ2v) is 5.94. The summed E-state index contributed by atoms with van der Waals surface area (Å²) in [6.07, 6.45) is 1.56. The van der Waals surface area contributed by atoms with Crippen LogP contribution in [0.4, 0.5) is 5.69 Å². The van der Waals surface area contributed by atoms with Crippen LogP contribution in [0.2, 0.25) is 0 Å². The van der Waals surface area contributed by atoms with Gasteiger partial charge in [-0.2, -0.15) is 5.26 Å². The number of carbonyl (C=O) groups excluding carboxylic acids is 1. The van der Waals surface area contributed by atoms with E-state index in [1.807, 2.05) is 54.6 Å². The molecule has 0 atom stereocenters. The second kappa shape index (κ2) is 10.0. The molecule has 0 aliphatic rings. The third kappa shape index (κ3) is 5.35. The van der Waals surface area contributed by atoms with Gasteiger partial charge < -0.3 is 15.0 Å². The molecule has 0 spiro atoms. The van der Waals surface area contributed by atoms with Crippen LogP contribution in [0.25, 0.3) is 6.08 Å². The number of hydrogen-bond acceptors (Lipinski definition) is 4. The topological polar surface area (TPSA) is 65.4 Å². The van der Waals surface area contributed by atoms with Crippen molar-refractivity contribution >= 4 is 17.7 Å². The maximum Gasteiger partial charge on any atom is 0.262 e. The lowest BCUT2D eigenvalue weighted by Crippen LogP contribution is -2.24. The minimum absolute atomic E-state index is 0.0415. The number of nitrogens with one attached hydrogen (secondary N) is 1. The first-order chi connectivity index (χ1) is 13.1. The molecule has 0 saturated heterocycles. The maximum atomic E-state index is 12.4. The third-order valence-corrected chi connectivity index (χ3v) is 4.31. The number of nitriles is 1. The molecular weight excluding hydrogens is 338 g/mol. The van der Waals surface area contributed by atoms with Gasteiger partial charge in [0.15, 0.2) is 0 Å². The van der Waals surface area contributed by atoms with Crippen molar-refractivity contribution in [3.63, 3.8) is 0 Å². The lowest BCUT2D eigenvalue weighted by molar-refractivity contribution is -0.117. The van der Waals surface area contributed by atoms with E-state index in [9.17, 15) is 10.1 Å². The Morgan fingerprint density at radius 2 is 1.89 bits per heavy atom. The van der Waals surface area contributed by atoms with Gasteiger partial charge in [0.2, 0.25) is 0 Å². The fourth-order valence-corrected chi connectivity index (χ4v) is 2.78. The number of anilines is 1. The molecule has 0 aliphatic carbocycles. The van der Waals surface area contributed by atoms with Crippen LogP contribution >= 0.6 is 0 Å². The van der Waals surface area contributed by atoms with Gasteiger partial charge in [0.1, 0.15) is 17.4 Å². The number of benzene rings is 2.